The lowest BCUT2D eigenvalue weighted by molar-refractivity contribution is 0.547. The summed E-state index contributed by atoms with van der Waals surface area (Å²) >= 11 is 2.09. The number of halogens is 1. The molecule has 0 aromatic heterocycles. The molecule has 6 heteroatoms. The lowest BCUT2D eigenvalue weighted by atomic mass is 10.2. The van der Waals surface area contributed by atoms with Gasteiger partial charge in [-0.15, -0.1) is 0 Å². The number of rotatable bonds is 5. The Hall–Kier alpha value is -0.180. The Morgan fingerprint density at radius 2 is 2.18 bits per heavy atom. The smallest absolute Gasteiger partial charge is 0.240 e. The first-order chi connectivity index (χ1) is 7.99. The summed E-state index contributed by atoms with van der Waals surface area (Å²) in [6.45, 7) is 0.318. The summed E-state index contributed by atoms with van der Waals surface area (Å²) in [6, 6.07) is 6.76. The molecule has 0 aliphatic heterocycles. The molecule has 1 aliphatic carbocycles. The molecule has 94 valence electrons. The lowest BCUT2D eigenvalue weighted by Gasteiger charge is -2.12. The van der Waals surface area contributed by atoms with Gasteiger partial charge in [0.15, 0.2) is 0 Å². The van der Waals surface area contributed by atoms with E-state index in [1.807, 2.05) is 6.07 Å². The summed E-state index contributed by atoms with van der Waals surface area (Å²) in [6.07, 6.45) is 2.23. The summed E-state index contributed by atoms with van der Waals surface area (Å²) in [7, 11) is -3.42. The number of nitrogens with one attached hydrogen (secondary N) is 1. The average molecular weight is 366 g/mol. The standard InChI is InChI=1S/C11H15IN2O2S/c12-9-2-1-3-10(6-9)17(15,16)14-7-11(13)8-4-5-8/h1-3,6,8,11,14H,4-5,7,13H2. The monoisotopic (exact) mass is 366 g/mol. The van der Waals surface area contributed by atoms with E-state index in [4.69, 9.17) is 5.73 Å². The van der Waals surface area contributed by atoms with Crippen LogP contribution in [0.4, 0.5) is 0 Å². The minimum atomic E-state index is -3.42. The highest BCUT2D eigenvalue weighted by atomic mass is 127. The van der Waals surface area contributed by atoms with E-state index in [1.54, 1.807) is 18.2 Å². The maximum atomic E-state index is 12.0. The quantitative estimate of drug-likeness (QED) is 0.772. The van der Waals surface area contributed by atoms with E-state index in [0.29, 0.717) is 17.4 Å². The number of hydrogen-bond donors (Lipinski definition) is 2. The predicted molar refractivity (Wildman–Crippen MR) is 75.0 cm³/mol. The van der Waals surface area contributed by atoms with Crippen LogP contribution in [0.3, 0.4) is 0 Å². The first-order valence-corrected chi connectivity index (χ1v) is 8.06. The first-order valence-electron chi connectivity index (χ1n) is 5.50. The third kappa shape index (κ3) is 3.64. The molecule has 1 aromatic carbocycles. The second kappa shape index (κ2) is 5.21. The summed E-state index contributed by atoms with van der Waals surface area (Å²) < 4.78 is 27.4. The van der Waals surface area contributed by atoms with Gasteiger partial charge in [0.05, 0.1) is 4.90 Å². The van der Waals surface area contributed by atoms with Gasteiger partial charge in [-0.25, -0.2) is 13.1 Å². The van der Waals surface area contributed by atoms with Crippen molar-refractivity contribution in [2.24, 2.45) is 11.7 Å². The molecule has 0 saturated heterocycles. The first kappa shape index (κ1) is 13.3. The zero-order valence-electron chi connectivity index (χ0n) is 9.27. The van der Waals surface area contributed by atoms with E-state index in [-0.39, 0.29) is 6.04 Å². The van der Waals surface area contributed by atoms with Crippen LogP contribution in [-0.4, -0.2) is 21.0 Å². The van der Waals surface area contributed by atoms with E-state index in [1.165, 1.54) is 0 Å². The highest BCUT2D eigenvalue weighted by Gasteiger charge is 2.29. The zero-order valence-corrected chi connectivity index (χ0v) is 12.2. The lowest BCUT2D eigenvalue weighted by Crippen LogP contribution is -2.38. The van der Waals surface area contributed by atoms with Gasteiger partial charge in [-0.1, -0.05) is 6.07 Å². The molecule has 0 bridgehead atoms. The molecule has 4 nitrogen and oxygen atoms in total. The van der Waals surface area contributed by atoms with Gasteiger partial charge in [0.2, 0.25) is 10.0 Å². The number of benzene rings is 1. The minimum Gasteiger partial charge on any atom is -0.326 e. The molecular formula is C11H15IN2O2S. The summed E-state index contributed by atoms with van der Waals surface area (Å²) in [5.41, 5.74) is 5.87. The van der Waals surface area contributed by atoms with Gasteiger partial charge in [0.1, 0.15) is 0 Å². The summed E-state index contributed by atoms with van der Waals surface area (Å²) in [5.74, 6) is 0.494. The largest absolute Gasteiger partial charge is 0.326 e. The van der Waals surface area contributed by atoms with Gasteiger partial charge in [-0.3, -0.25) is 0 Å². The van der Waals surface area contributed by atoms with Crippen molar-refractivity contribution in [3.8, 4) is 0 Å². The zero-order chi connectivity index (χ0) is 12.5. The second-order valence-electron chi connectivity index (χ2n) is 4.31. The Bertz CT molecular complexity index is 500. The molecule has 1 fully saturated rings. The van der Waals surface area contributed by atoms with Gasteiger partial charge in [-0.05, 0) is 59.5 Å². The van der Waals surface area contributed by atoms with Crippen molar-refractivity contribution in [1.29, 1.82) is 0 Å². The van der Waals surface area contributed by atoms with Crippen LogP contribution in [0.25, 0.3) is 0 Å². The highest BCUT2D eigenvalue weighted by Crippen LogP contribution is 2.31. The topological polar surface area (TPSA) is 72.2 Å². The van der Waals surface area contributed by atoms with Crippen molar-refractivity contribution >= 4 is 32.6 Å². The van der Waals surface area contributed by atoms with Gasteiger partial charge >= 0.3 is 0 Å². The van der Waals surface area contributed by atoms with Gasteiger partial charge in [0.25, 0.3) is 0 Å². The number of sulfonamides is 1. The van der Waals surface area contributed by atoms with Gasteiger partial charge in [0, 0.05) is 16.2 Å². The maximum absolute atomic E-state index is 12.0. The van der Waals surface area contributed by atoms with Crippen LogP contribution < -0.4 is 10.5 Å². The van der Waals surface area contributed by atoms with Crippen molar-refractivity contribution < 1.29 is 8.42 Å². The van der Waals surface area contributed by atoms with E-state index in [2.05, 4.69) is 27.3 Å². The van der Waals surface area contributed by atoms with E-state index >= 15 is 0 Å². The molecule has 1 aromatic rings. The summed E-state index contributed by atoms with van der Waals surface area (Å²) in [5, 5.41) is 0. The van der Waals surface area contributed by atoms with Crippen LogP contribution in [0.2, 0.25) is 0 Å². The van der Waals surface area contributed by atoms with Crippen LogP contribution in [0.1, 0.15) is 12.8 Å². The van der Waals surface area contributed by atoms with Crippen LogP contribution in [0.5, 0.6) is 0 Å². The second-order valence-corrected chi connectivity index (χ2v) is 7.32. The van der Waals surface area contributed by atoms with Crippen LogP contribution >= 0.6 is 22.6 Å². The van der Waals surface area contributed by atoms with Crippen molar-refractivity contribution in [1.82, 2.24) is 4.72 Å². The third-order valence-electron chi connectivity index (χ3n) is 2.84. The van der Waals surface area contributed by atoms with Crippen molar-refractivity contribution in [2.45, 2.75) is 23.8 Å². The van der Waals surface area contributed by atoms with Crippen LogP contribution in [0, 0.1) is 9.49 Å². The fraction of sp³-hybridized carbons (Fsp3) is 0.455. The molecule has 1 unspecified atom stereocenters. The fourth-order valence-electron chi connectivity index (χ4n) is 1.61. The molecule has 0 amide bonds. The SMILES string of the molecule is NC(CNS(=O)(=O)c1cccc(I)c1)C1CC1. The van der Waals surface area contributed by atoms with Crippen molar-refractivity contribution in [2.75, 3.05) is 6.54 Å². The van der Waals surface area contributed by atoms with Gasteiger partial charge in [-0.2, -0.15) is 0 Å². The predicted octanol–water partition coefficient (Wildman–Crippen LogP) is 1.31. The number of nitrogens with two attached hydrogens (primary N) is 1. The van der Waals surface area contributed by atoms with Crippen LogP contribution in [-0.2, 0) is 10.0 Å². The minimum absolute atomic E-state index is 0.0624. The summed E-state index contributed by atoms with van der Waals surface area (Å²) in [4.78, 5) is 0.299. The van der Waals surface area contributed by atoms with Crippen LogP contribution in [0.15, 0.2) is 29.2 Å². The molecule has 2 rings (SSSR count). The molecule has 0 radical (unpaired) electrons. The molecule has 0 heterocycles. The molecule has 1 saturated carbocycles. The van der Waals surface area contributed by atoms with Crippen molar-refractivity contribution in [3.05, 3.63) is 27.8 Å². The molecule has 17 heavy (non-hydrogen) atoms. The Morgan fingerprint density at radius 3 is 2.76 bits per heavy atom. The Labute approximate surface area is 115 Å². The Morgan fingerprint density at radius 1 is 1.47 bits per heavy atom. The normalized spacial score (nSPS) is 18.0. The molecule has 1 aliphatic rings. The maximum Gasteiger partial charge on any atom is 0.240 e. The molecule has 0 spiro atoms. The molecule has 1 atom stereocenters. The Kier molecular flexibility index (Phi) is 4.06. The fourth-order valence-corrected chi connectivity index (χ4v) is 3.49. The number of hydrogen-bond acceptors (Lipinski definition) is 3. The van der Waals surface area contributed by atoms with Crippen molar-refractivity contribution in [3.63, 3.8) is 0 Å². The average Bonchev–Trinajstić information content (AvgIpc) is 3.10. The van der Waals surface area contributed by atoms with Gasteiger partial charge < -0.3 is 5.73 Å². The Balaban J connectivity index is 2.03. The highest BCUT2D eigenvalue weighted by molar-refractivity contribution is 14.1. The third-order valence-corrected chi connectivity index (χ3v) is 4.94. The van der Waals surface area contributed by atoms with E-state index < -0.39 is 10.0 Å². The molecular weight excluding hydrogens is 351 g/mol. The van der Waals surface area contributed by atoms with E-state index in [9.17, 15) is 8.42 Å². The van der Waals surface area contributed by atoms with E-state index in [0.717, 1.165) is 16.4 Å². The molecule has 3 N–H and O–H groups in total.